The zero-order chi connectivity index (χ0) is 27.9. The number of hydrogen-bond acceptors (Lipinski definition) is 4. The van der Waals surface area contributed by atoms with Crippen LogP contribution in [-0.2, 0) is 12.8 Å². The van der Waals surface area contributed by atoms with Gasteiger partial charge in [0, 0.05) is 22.7 Å². The number of aryl methyl sites for hydroxylation is 1. The molecule has 0 aromatic heterocycles. The number of anilines is 1. The highest BCUT2D eigenvalue weighted by Crippen LogP contribution is 2.61. The molecule has 0 bridgehead atoms. The van der Waals surface area contributed by atoms with Crippen LogP contribution in [0.15, 0.2) is 71.8 Å². The Morgan fingerprint density at radius 3 is 2.60 bits per heavy atom. The minimum atomic E-state index is -0.173. The molecule has 0 amide bonds. The van der Waals surface area contributed by atoms with Gasteiger partial charge in [-0.15, -0.1) is 0 Å². The minimum Gasteiger partial charge on any atom is -0.508 e. The monoisotopic (exact) mass is 573 g/mol. The first kappa shape index (κ1) is 27.3. The van der Waals surface area contributed by atoms with Gasteiger partial charge in [-0.25, -0.2) is 0 Å². The summed E-state index contributed by atoms with van der Waals surface area (Å²) in [4.78, 5) is 0. The summed E-state index contributed by atoms with van der Waals surface area (Å²) < 4.78 is 0. The number of nitrogens with zero attached hydrogens (tertiary/aromatic N) is 1. The number of hydrazone groups is 1. The van der Waals surface area contributed by atoms with E-state index >= 15 is 0 Å². The van der Waals surface area contributed by atoms with E-state index in [1.165, 1.54) is 11.1 Å². The van der Waals surface area contributed by atoms with Crippen molar-refractivity contribution in [3.63, 3.8) is 0 Å². The molecule has 4 N–H and O–H groups in total. The Balaban J connectivity index is 1.26. The Morgan fingerprint density at radius 1 is 1.05 bits per heavy atom. The third kappa shape index (κ3) is 5.25. The van der Waals surface area contributed by atoms with Crippen molar-refractivity contribution in [2.24, 2.45) is 22.4 Å². The van der Waals surface area contributed by atoms with Crippen LogP contribution >= 0.6 is 23.8 Å². The fraction of sp³-hybridized carbons (Fsp3) is 0.394. The van der Waals surface area contributed by atoms with Crippen LogP contribution in [0.4, 0.5) is 5.69 Å². The third-order valence-electron chi connectivity index (χ3n) is 9.73. The summed E-state index contributed by atoms with van der Waals surface area (Å²) >= 11 is 11.5. The highest BCUT2D eigenvalue weighted by atomic mass is 35.5. The third-order valence-corrected chi connectivity index (χ3v) is 10.2. The molecule has 5 nitrogen and oxygen atoms in total. The Labute approximate surface area is 246 Å². The predicted molar refractivity (Wildman–Crippen MR) is 166 cm³/mol. The lowest BCUT2D eigenvalue weighted by Gasteiger charge is -2.50. The van der Waals surface area contributed by atoms with Crippen molar-refractivity contribution < 1.29 is 10.2 Å². The molecule has 40 heavy (non-hydrogen) atoms. The lowest BCUT2D eigenvalue weighted by molar-refractivity contribution is -0.0226. The maximum Gasteiger partial charge on any atom is 0.191 e. The average molecular weight is 574 g/mol. The van der Waals surface area contributed by atoms with Gasteiger partial charge in [-0.05, 0) is 121 Å². The van der Waals surface area contributed by atoms with Crippen molar-refractivity contribution in [3.8, 4) is 5.75 Å². The van der Waals surface area contributed by atoms with Crippen LogP contribution in [0.25, 0.3) is 0 Å². The van der Waals surface area contributed by atoms with Crippen molar-refractivity contribution in [3.05, 3.63) is 94.0 Å². The number of aromatic hydroxyl groups is 1. The normalized spacial score (nSPS) is 27.3. The molecule has 3 aromatic rings. The van der Waals surface area contributed by atoms with Gasteiger partial charge < -0.3 is 15.5 Å². The minimum absolute atomic E-state index is 0.0513. The van der Waals surface area contributed by atoms with Crippen LogP contribution in [0.2, 0.25) is 5.02 Å². The smallest absolute Gasteiger partial charge is 0.191 e. The van der Waals surface area contributed by atoms with E-state index in [4.69, 9.17) is 28.9 Å². The van der Waals surface area contributed by atoms with Crippen LogP contribution < -0.4 is 10.7 Å². The quantitative estimate of drug-likeness (QED) is 0.148. The Kier molecular flexibility index (Phi) is 7.60. The molecule has 0 spiro atoms. The number of rotatable bonds is 5. The van der Waals surface area contributed by atoms with Gasteiger partial charge in [-0.1, -0.05) is 54.9 Å². The van der Waals surface area contributed by atoms with E-state index in [0.717, 1.165) is 61.1 Å². The van der Waals surface area contributed by atoms with Crippen molar-refractivity contribution in [1.29, 1.82) is 0 Å². The fourth-order valence-electron chi connectivity index (χ4n) is 7.60. The van der Waals surface area contributed by atoms with Gasteiger partial charge in [0.15, 0.2) is 5.11 Å². The molecule has 3 aliphatic rings. The molecule has 208 valence electrons. The zero-order valence-corrected chi connectivity index (χ0v) is 24.3. The van der Waals surface area contributed by atoms with Gasteiger partial charge in [0.25, 0.3) is 0 Å². The van der Waals surface area contributed by atoms with Crippen LogP contribution in [-0.4, -0.2) is 27.1 Å². The van der Waals surface area contributed by atoms with Crippen molar-refractivity contribution in [2.75, 3.05) is 5.32 Å². The van der Waals surface area contributed by atoms with E-state index in [2.05, 4.69) is 23.7 Å². The first-order valence-electron chi connectivity index (χ1n) is 14.3. The number of aliphatic hydroxyl groups excluding tert-OH is 1. The number of fused-ring (bicyclic) bond motifs is 5. The highest BCUT2D eigenvalue weighted by molar-refractivity contribution is 7.80. The number of phenols is 1. The van der Waals surface area contributed by atoms with Gasteiger partial charge >= 0.3 is 0 Å². The Bertz CT molecular complexity index is 1430. The second-order valence-corrected chi connectivity index (χ2v) is 12.8. The van der Waals surface area contributed by atoms with E-state index in [1.807, 2.05) is 48.5 Å². The van der Waals surface area contributed by atoms with Crippen molar-refractivity contribution in [2.45, 2.75) is 63.9 Å². The SMILES string of the molecule is C[C@]12CC[C@@H]3c4cc(C/C(=N/NC(=S)Nc5ccc(Cl)cc5)c5ccccc5)c(O)cc4CC[C@H]3[C@@H]1CC[C@@H]2O. The van der Waals surface area contributed by atoms with Crippen molar-refractivity contribution >= 4 is 40.3 Å². The molecule has 5 atom stereocenters. The second kappa shape index (κ2) is 11.2. The maximum atomic E-state index is 11.1. The summed E-state index contributed by atoms with van der Waals surface area (Å²) in [6, 6.07) is 21.5. The summed E-state index contributed by atoms with van der Waals surface area (Å²) in [5.41, 5.74) is 9.15. The van der Waals surface area contributed by atoms with Gasteiger partial charge in [-0.3, -0.25) is 5.43 Å². The van der Waals surface area contributed by atoms with E-state index in [-0.39, 0.29) is 11.5 Å². The lowest BCUT2D eigenvalue weighted by atomic mass is 9.55. The first-order valence-corrected chi connectivity index (χ1v) is 15.1. The number of nitrogens with one attached hydrogen (secondary N) is 2. The van der Waals surface area contributed by atoms with Crippen molar-refractivity contribution in [1.82, 2.24) is 5.43 Å². The largest absolute Gasteiger partial charge is 0.508 e. The molecular weight excluding hydrogens is 538 g/mol. The summed E-state index contributed by atoms with van der Waals surface area (Å²) in [6.45, 7) is 2.31. The first-order chi connectivity index (χ1) is 19.3. The molecule has 3 aliphatic carbocycles. The Hall–Kier alpha value is -2.93. The topological polar surface area (TPSA) is 76.9 Å². The summed E-state index contributed by atoms with van der Waals surface area (Å²) in [5.74, 6) is 1.98. The molecule has 6 rings (SSSR count). The molecule has 3 aromatic carbocycles. The molecular formula is C33H36ClN3O2S. The Morgan fingerprint density at radius 2 is 1.82 bits per heavy atom. The molecule has 0 radical (unpaired) electrons. The highest BCUT2D eigenvalue weighted by Gasteiger charge is 2.54. The van der Waals surface area contributed by atoms with E-state index in [0.29, 0.717) is 40.1 Å². The molecule has 0 unspecified atom stereocenters. The van der Waals surface area contributed by atoms with Gasteiger partial charge in [0.2, 0.25) is 0 Å². The predicted octanol–water partition coefficient (Wildman–Crippen LogP) is 7.20. The maximum absolute atomic E-state index is 11.1. The average Bonchev–Trinajstić information content (AvgIpc) is 3.27. The number of halogens is 1. The molecule has 0 saturated heterocycles. The number of aliphatic hydroxyl groups is 1. The zero-order valence-electron chi connectivity index (χ0n) is 22.7. The summed E-state index contributed by atoms with van der Waals surface area (Å²) in [5, 5.41) is 30.8. The lowest BCUT2D eigenvalue weighted by Crippen LogP contribution is -2.43. The molecule has 0 heterocycles. The molecule has 2 saturated carbocycles. The van der Waals surface area contributed by atoms with Crippen LogP contribution in [0.5, 0.6) is 5.75 Å². The molecule has 2 fully saturated rings. The molecule has 7 heteroatoms. The number of hydrogen-bond donors (Lipinski definition) is 4. The number of benzene rings is 3. The standard InChI is InChI=1S/C33H36ClN3O2S/c1-33-16-15-25-26(28(33)13-14-31(33)39)12-7-21-19-30(38)22(17-27(21)25)18-29(20-5-3-2-4-6-20)36-37-32(40)35-24-10-8-23(34)9-11-24/h2-6,8-11,17,19,25-26,28,31,38-39H,7,12-16,18H2,1H3,(H2,35,37,40)/b36-29-/t25-,26+,28-,31-,33-/m0/s1. The van der Waals surface area contributed by atoms with Gasteiger partial charge in [-0.2, -0.15) is 5.10 Å². The second-order valence-electron chi connectivity index (χ2n) is 11.9. The molecule has 0 aliphatic heterocycles. The summed E-state index contributed by atoms with van der Waals surface area (Å²) in [7, 11) is 0. The van der Waals surface area contributed by atoms with Crippen LogP contribution in [0, 0.1) is 17.3 Å². The number of thiocarbonyl (C=S) groups is 1. The fourth-order valence-corrected chi connectivity index (χ4v) is 7.89. The number of phenolic OH excluding ortho intramolecular Hbond substituents is 1. The van der Waals surface area contributed by atoms with Gasteiger partial charge in [0.1, 0.15) is 5.75 Å². The van der Waals surface area contributed by atoms with Crippen LogP contribution in [0.1, 0.15) is 67.2 Å². The van der Waals surface area contributed by atoms with Gasteiger partial charge in [0.05, 0.1) is 11.8 Å². The summed E-state index contributed by atoms with van der Waals surface area (Å²) in [6.07, 6.45) is 6.63. The van der Waals surface area contributed by atoms with Crippen LogP contribution in [0.3, 0.4) is 0 Å². The van der Waals surface area contributed by atoms with E-state index in [1.54, 1.807) is 12.1 Å². The van der Waals surface area contributed by atoms with E-state index in [9.17, 15) is 10.2 Å². The van der Waals surface area contributed by atoms with E-state index < -0.39 is 0 Å².